The molecule has 0 saturated heterocycles. The van der Waals surface area contributed by atoms with E-state index in [1.54, 1.807) is 6.08 Å². The van der Waals surface area contributed by atoms with Crippen LogP contribution in [0, 0.1) is 0 Å². The van der Waals surface area contributed by atoms with Crippen molar-refractivity contribution in [3.8, 4) is 0 Å². The van der Waals surface area contributed by atoms with Gasteiger partial charge in [-0.25, -0.2) is 4.57 Å². The number of quaternary nitrogens is 1. The lowest BCUT2D eigenvalue weighted by Gasteiger charge is -2.25. The van der Waals surface area contributed by atoms with Crippen LogP contribution in [0.4, 0.5) is 0 Å². The predicted molar refractivity (Wildman–Crippen MR) is 286 cm³/mol. The fourth-order valence-corrected chi connectivity index (χ4v) is 7.83. The van der Waals surface area contributed by atoms with Gasteiger partial charge in [-0.3, -0.25) is 13.8 Å². The molecular formula is C57H102N2O6P+. The molecule has 0 aliphatic carbocycles. The van der Waals surface area contributed by atoms with E-state index in [0.29, 0.717) is 17.4 Å². The molecule has 66 heavy (non-hydrogen) atoms. The number of carbonyl (C=O) groups is 1. The summed E-state index contributed by atoms with van der Waals surface area (Å²) < 4.78 is 23.6. The molecule has 0 radical (unpaired) electrons. The minimum atomic E-state index is -4.36. The molecule has 0 aromatic heterocycles. The van der Waals surface area contributed by atoms with Crippen molar-refractivity contribution in [3.05, 3.63) is 97.2 Å². The molecular weight excluding hydrogens is 840 g/mol. The number of unbranched alkanes of at least 4 members (excludes halogenated alkanes) is 20. The smallest absolute Gasteiger partial charge is 0.387 e. The molecule has 0 aliphatic rings. The Bertz CT molecular complexity index is 1390. The SMILES string of the molecule is CC/C=C\C/C=C\C/C=C\C/C=C\C/C=C\CCCCCCCCCCCCCCCC(=O)NC(COP(=O)(O)OCC[N+](C)(C)C)C(O)/C=C/CC/C=C/CC/C=C/CCCCCCC. The van der Waals surface area contributed by atoms with Crippen molar-refractivity contribution >= 4 is 13.7 Å². The Kier molecular flexibility index (Phi) is 45.6. The zero-order chi connectivity index (χ0) is 48.5. The van der Waals surface area contributed by atoms with Gasteiger partial charge >= 0.3 is 7.82 Å². The maximum Gasteiger partial charge on any atom is 0.472 e. The van der Waals surface area contributed by atoms with Gasteiger partial charge in [0.25, 0.3) is 0 Å². The zero-order valence-electron chi connectivity index (χ0n) is 43.1. The third kappa shape index (κ3) is 49.3. The number of aliphatic hydroxyl groups excluding tert-OH is 1. The van der Waals surface area contributed by atoms with Gasteiger partial charge in [0, 0.05) is 6.42 Å². The third-order valence-corrected chi connectivity index (χ3v) is 12.2. The maximum atomic E-state index is 12.9. The van der Waals surface area contributed by atoms with Crippen LogP contribution >= 0.6 is 7.82 Å². The number of hydrogen-bond acceptors (Lipinski definition) is 5. The Morgan fingerprint density at radius 2 is 0.924 bits per heavy atom. The normalized spacial score (nSPS) is 14.8. The fraction of sp³-hybridized carbons (Fsp3) is 0.702. The maximum absolute atomic E-state index is 12.9. The highest BCUT2D eigenvalue weighted by Gasteiger charge is 2.27. The highest BCUT2D eigenvalue weighted by molar-refractivity contribution is 7.47. The minimum Gasteiger partial charge on any atom is -0.387 e. The van der Waals surface area contributed by atoms with E-state index < -0.39 is 20.0 Å². The first-order chi connectivity index (χ1) is 32.0. The molecule has 0 saturated carbocycles. The summed E-state index contributed by atoms with van der Waals surface area (Å²) in [5.41, 5.74) is 0. The van der Waals surface area contributed by atoms with Gasteiger partial charge in [-0.2, -0.15) is 0 Å². The average molecular weight is 942 g/mol. The monoisotopic (exact) mass is 942 g/mol. The highest BCUT2D eigenvalue weighted by Crippen LogP contribution is 2.43. The fourth-order valence-electron chi connectivity index (χ4n) is 7.10. The summed E-state index contributed by atoms with van der Waals surface area (Å²) in [6, 6.07) is -0.875. The first kappa shape index (κ1) is 63.4. The van der Waals surface area contributed by atoms with Gasteiger partial charge < -0.3 is 19.8 Å². The molecule has 0 fully saturated rings. The zero-order valence-corrected chi connectivity index (χ0v) is 44.0. The van der Waals surface area contributed by atoms with Crippen molar-refractivity contribution in [2.75, 3.05) is 40.9 Å². The molecule has 0 aromatic carbocycles. The van der Waals surface area contributed by atoms with Crippen LogP contribution in [0.15, 0.2) is 97.2 Å². The van der Waals surface area contributed by atoms with Gasteiger partial charge in [-0.05, 0) is 89.9 Å². The second kappa shape index (κ2) is 47.5. The molecule has 0 spiro atoms. The number of rotatable bonds is 47. The number of nitrogens with one attached hydrogen (secondary N) is 1. The van der Waals surface area contributed by atoms with E-state index in [2.05, 4.69) is 104 Å². The molecule has 0 aromatic rings. The van der Waals surface area contributed by atoms with Gasteiger partial charge in [0.15, 0.2) is 0 Å². The molecule has 8 nitrogen and oxygen atoms in total. The largest absolute Gasteiger partial charge is 0.472 e. The molecule has 0 bridgehead atoms. The summed E-state index contributed by atoms with van der Waals surface area (Å²) >= 11 is 0. The van der Waals surface area contributed by atoms with Crippen LogP contribution in [0.1, 0.15) is 206 Å². The number of amides is 1. The topological polar surface area (TPSA) is 105 Å². The molecule has 3 unspecified atom stereocenters. The first-order valence-electron chi connectivity index (χ1n) is 26.6. The van der Waals surface area contributed by atoms with E-state index in [0.717, 1.165) is 77.0 Å². The number of hydrogen-bond donors (Lipinski definition) is 3. The minimum absolute atomic E-state index is 0.0492. The number of allylic oxidation sites excluding steroid dienone is 15. The summed E-state index contributed by atoms with van der Waals surface area (Å²) in [5, 5.41) is 13.9. The van der Waals surface area contributed by atoms with Gasteiger partial charge in [-0.15, -0.1) is 0 Å². The molecule has 0 rings (SSSR count). The van der Waals surface area contributed by atoms with Crippen LogP contribution in [0.2, 0.25) is 0 Å². The van der Waals surface area contributed by atoms with Crippen molar-refractivity contribution in [1.29, 1.82) is 0 Å². The summed E-state index contributed by atoms with van der Waals surface area (Å²) in [5.74, 6) is -0.197. The van der Waals surface area contributed by atoms with Crippen LogP contribution in [0.3, 0.4) is 0 Å². The van der Waals surface area contributed by atoms with Crippen molar-refractivity contribution in [3.63, 3.8) is 0 Å². The number of phosphoric acid groups is 1. The predicted octanol–water partition coefficient (Wildman–Crippen LogP) is 15.9. The molecule has 1 amide bonds. The molecule has 0 aliphatic heterocycles. The van der Waals surface area contributed by atoms with Gasteiger partial charge in [0.2, 0.25) is 5.91 Å². The lowest BCUT2D eigenvalue weighted by atomic mass is 10.0. The molecule has 9 heteroatoms. The third-order valence-electron chi connectivity index (χ3n) is 11.3. The van der Waals surface area contributed by atoms with E-state index >= 15 is 0 Å². The Balaban J connectivity index is 4.24. The lowest BCUT2D eigenvalue weighted by molar-refractivity contribution is -0.870. The lowest BCUT2D eigenvalue weighted by Crippen LogP contribution is -2.45. The van der Waals surface area contributed by atoms with Crippen molar-refractivity contribution in [2.24, 2.45) is 0 Å². The quantitative estimate of drug-likeness (QED) is 0.0243. The molecule has 0 heterocycles. The Labute approximate surface area is 407 Å². The number of likely N-dealkylation sites (N-methyl/N-ethyl adjacent to an activating group) is 1. The van der Waals surface area contributed by atoms with Crippen molar-refractivity contribution in [1.82, 2.24) is 5.32 Å². The van der Waals surface area contributed by atoms with Gasteiger partial charge in [0.1, 0.15) is 13.2 Å². The second-order valence-corrected chi connectivity index (χ2v) is 20.3. The standard InChI is InChI=1S/C57H101N2O6P/c1-6-8-10-12-14-16-18-20-22-23-24-25-26-27-28-29-30-31-32-33-34-35-37-39-41-43-45-47-49-51-57(61)58-55(54-65-66(62,63)64-53-52-59(3,4)5)56(60)50-48-46-44-42-40-38-36-21-19-17-15-13-11-9-7-2/h8,10,14,16,19-22,24-25,27-28,40,42,48,50,55-56,60H,6-7,9,11-13,15,17-18,23,26,29-39,41,43-47,49,51-54H2,1-5H3,(H-,58,61,62,63)/p+1/b10-8-,16-14-,21-19+,22-20-,25-24-,28-27-,42-40+,50-48+. The Hall–Kier alpha value is -2.58. The molecule has 380 valence electrons. The van der Waals surface area contributed by atoms with E-state index in [4.69, 9.17) is 9.05 Å². The van der Waals surface area contributed by atoms with Crippen molar-refractivity contribution in [2.45, 2.75) is 219 Å². The number of aliphatic hydroxyl groups is 1. The van der Waals surface area contributed by atoms with Crippen LogP contribution < -0.4 is 5.32 Å². The van der Waals surface area contributed by atoms with E-state index in [9.17, 15) is 19.4 Å². The van der Waals surface area contributed by atoms with E-state index in [1.165, 1.54) is 109 Å². The van der Waals surface area contributed by atoms with E-state index in [1.807, 2.05) is 27.2 Å². The van der Waals surface area contributed by atoms with Crippen LogP contribution in [-0.4, -0.2) is 73.4 Å². The molecule has 3 N–H and O–H groups in total. The van der Waals surface area contributed by atoms with Gasteiger partial charge in [-0.1, -0.05) is 207 Å². The Morgan fingerprint density at radius 3 is 1.39 bits per heavy atom. The number of nitrogens with zero attached hydrogens (tertiary/aromatic N) is 1. The molecule has 3 atom stereocenters. The number of carbonyl (C=O) groups excluding carboxylic acids is 1. The summed E-state index contributed by atoms with van der Waals surface area (Å²) in [6.45, 7) is 4.64. The van der Waals surface area contributed by atoms with Crippen LogP contribution in [0.5, 0.6) is 0 Å². The second-order valence-electron chi connectivity index (χ2n) is 18.8. The van der Waals surface area contributed by atoms with Crippen molar-refractivity contribution < 1.29 is 32.9 Å². The summed E-state index contributed by atoms with van der Waals surface area (Å²) in [7, 11) is 1.53. The van der Waals surface area contributed by atoms with Crippen LogP contribution in [0.25, 0.3) is 0 Å². The van der Waals surface area contributed by atoms with Gasteiger partial charge in [0.05, 0.1) is 39.9 Å². The average Bonchev–Trinajstić information content (AvgIpc) is 3.28. The first-order valence-corrected chi connectivity index (χ1v) is 28.1. The van der Waals surface area contributed by atoms with E-state index in [-0.39, 0.29) is 19.1 Å². The number of phosphoric ester groups is 1. The summed E-state index contributed by atoms with van der Waals surface area (Å²) in [4.78, 5) is 23.2. The van der Waals surface area contributed by atoms with Crippen LogP contribution in [-0.2, 0) is 18.4 Å². The highest BCUT2D eigenvalue weighted by atomic mass is 31.2. The summed E-state index contributed by atoms with van der Waals surface area (Å²) in [6.07, 6.45) is 67.8. The Morgan fingerprint density at radius 1 is 0.530 bits per heavy atom.